The maximum Gasteiger partial charge on any atom is 0.335 e. The van der Waals surface area contributed by atoms with E-state index in [1.807, 2.05) is 18.2 Å². The zero-order valence-electron chi connectivity index (χ0n) is 20.6. The summed E-state index contributed by atoms with van der Waals surface area (Å²) < 4.78 is 6.90. The number of hydrogen-bond donors (Lipinski definition) is 1. The van der Waals surface area contributed by atoms with Crippen LogP contribution in [0.15, 0.2) is 105 Å². The first-order chi connectivity index (χ1) is 19.3. The van der Waals surface area contributed by atoms with E-state index >= 15 is 0 Å². The number of carbonyl (C=O) groups excluding carboxylic acids is 1. The molecule has 10 heteroatoms. The van der Waals surface area contributed by atoms with Crippen molar-refractivity contribution in [3.63, 3.8) is 0 Å². The van der Waals surface area contributed by atoms with Gasteiger partial charge in [0, 0.05) is 20.1 Å². The molecule has 0 unspecified atom stereocenters. The van der Waals surface area contributed by atoms with Crippen molar-refractivity contribution in [2.75, 3.05) is 4.90 Å². The fraction of sp³-hybridized carbons (Fsp3) is 0.0333. The second-order valence-electron chi connectivity index (χ2n) is 8.57. The molecule has 0 aromatic heterocycles. The molecule has 4 aromatic carbocycles. The predicted octanol–water partition coefficient (Wildman–Crippen LogP) is 8.84. The Bertz CT molecular complexity index is 1640. The second kappa shape index (κ2) is 12.3. The monoisotopic (exact) mass is 652 g/mol. The molecule has 0 aliphatic carbocycles. The molecule has 1 amide bonds. The number of hydrogen-bond acceptors (Lipinski definition) is 5. The van der Waals surface area contributed by atoms with E-state index in [9.17, 15) is 9.59 Å². The van der Waals surface area contributed by atoms with Gasteiger partial charge < -0.3 is 9.84 Å². The second-order valence-corrected chi connectivity index (χ2v) is 11.4. The quantitative estimate of drug-likeness (QED) is 0.202. The van der Waals surface area contributed by atoms with Crippen LogP contribution in [0.1, 0.15) is 21.5 Å². The van der Waals surface area contributed by atoms with Gasteiger partial charge in [-0.2, -0.15) is 0 Å². The highest BCUT2D eigenvalue weighted by Gasteiger charge is 2.35. The number of carbonyl (C=O) groups is 2. The first kappa shape index (κ1) is 28.0. The minimum atomic E-state index is -0.986. The van der Waals surface area contributed by atoms with Crippen LogP contribution in [-0.4, -0.2) is 22.2 Å². The maximum atomic E-state index is 13.7. The number of ether oxygens (including phenoxy) is 1. The Hall–Kier alpha value is -3.56. The molecule has 4 aromatic rings. The van der Waals surface area contributed by atoms with Crippen molar-refractivity contribution in [3.8, 4) is 5.75 Å². The van der Waals surface area contributed by atoms with E-state index in [0.29, 0.717) is 42.8 Å². The van der Waals surface area contributed by atoms with Gasteiger partial charge >= 0.3 is 5.97 Å². The lowest BCUT2D eigenvalue weighted by Gasteiger charge is -2.15. The Labute approximate surface area is 253 Å². The molecule has 5 rings (SSSR count). The smallest absolute Gasteiger partial charge is 0.335 e. The van der Waals surface area contributed by atoms with Crippen molar-refractivity contribution in [2.24, 2.45) is 4.99 Å². The molecule has 0 spiro atoms. The molecule has 0 saturated carbocycles. The van der Waals surface area contributed by atoms with E-state index in [2.05, 4.69) is 15.9 Å². The minimum Gasteiger partial charge on any atom is -0.488 e. The molecule has 1 aliphatic rings. The van der Waals surface area contributed by atoms with E-state index < -0.39 is 5.97 Å². The summed E-state index contributed by atoms with van der Waals surface area (Å²) in [6, 6.07) is 26.0. The summed E-state index contributed by atoms with van der Waals surface area (Å²) in [6.45, 7) is 0.221. The fourth-order valence-corrected chi connectivity index (χ4v) is 5.42. The van der Waals surface area contributed by atoms with Crippen molar-refractivity contribution in [3.05, 3.63) is 127 Å². The highest BCUT2D eigenvalue weighted by atomic mass is 79.9. The van der Waals surface area contributed by atoms with Gasteiger partial charge in [-0.1, -0.05) is 51.3 Å². The Kier molecular flexibility index (Phi) is 8.61. The lowest BCUT2D eigenvalue weighted by Crippen LogP contribution is -2.28. The number of amides is 1. The number of amidine groups is 1. The van der Waals surface area contributed by atoms with Gasteiger partial charge in [0.05, 0.1) is 21.8 Å². The number of aliphatic imine (C=N–C) groups is 1. The van der Waals surface area contributed by atoms with Crippen molar-refractivity contribution >= 4 is 85.4 Å². The third-order valence-corrected chi connectivity index (χ3v) is 7.76. The van der Waals surface area contributed by atoms with E-state index in [1.54, 1.807) is 71.6 Å². The van der Waals surface area contributed by atoms with Crippen LogP contribution < -0.4 is 9.64 Å². The Balaban J connectivity index is 1.47. The van der Waals surface area contributed by atoms with Gasteiger partial charge in [-0.05, 0) is 102 Å². The molecule has 0 radical (unpaired) electrons. The molecular weight excluding hydrogens is 635 g/mol. The first-order valence-corrected chi connectivity index (χ1v) is 14.2. The molecule has 40 heavy (non-hydrogen) atoms. The van der Waals surface area contributed by atoms with Gasteiger partial charge in [0.15, 0.2) is 5.17 Å². The number of carboxylic acids is 1. The third-order valence-electron chi connectivity index (χ3n) is 5.80. The predicted molar refractivity (Wildman–Crippen MR) is 165 cm³/mol. The van der Waals surface area contributed by atoms with Crippen molar-refractivity contribution in [1.82, 2.24) is 0 Å². The third kappa shape index (κ3) is 6.59. The van der Waals surface area contributed by atoms with Crippen LogP contribution in [0.4, 0.5) is 11.4 Å². The highest BCUT2D eigenvalue weighted by Crippen LogP contribution is 2.39. The Morgan fingerprint density at radius 2 is 1.60 bits per heavy atom. The van der Waals surface area contributed by atoms with Crippen LogP contribution >= 0.6 is 50.9 Å². The number of anilines is 1. The molecule has 6 nitrogen and oxygen atoms in total. The van der Waals surface area contributed by atoms with Gasteiger partial charge in [0.25, 0.3) is 5.91 Å². The van der Waals surface area contributed by atoms with Crippen molar-refractivity contribution in [2.45, 2.75) is 6.61 Å². The number of thioether (sulfide) groups is 1. The van der Waals surface area contributed by atoms with Gasteiger partial charge in [-0.3, -0.25) is 9.69 Å². The molecule has 0 bridgehead atoms. The van der Waals surface area contributed by atoms with Crippen LogP contribution in [0.2, 0.25) is 10.0 Å². The fourth-order valence-electron chi connectivity index (χ4n) is 3.80. The normalized spacial score (nSPS) is 15.2. The largest absolute Gasteiger partial charge is 0.488 e. The van der Waals surface area contributed by atoms with Crippen LogP contribution in [0, 0.1) is 0 Å². The molecule has 1 fully saturated rings. The standard InChI is InChI=1S/C30H19BrCl2N2O4S/c31-21-5-14-26(39-17-18-1-3-19(4-2-18)29(37)38)20(15-21)16-27-28(36)35(25-12-8-23(33)9-13-25)30(40-27)34-24-10-6-22(32)7-11-24/h1-16H,17H2,(H,37,38)/b27-16-,34-30?. The topological polar surface area (TPSA) is 79.2 Å². The van der Waals surface area contributed by atoms with Crippen LogP contribution in [0.3, 0.4) is 0 Å². The zero-order chi connectivity index (χ0) is 28.2. The minimum absolute atomic E-state index is 0.205. The number of halogens is 3. The summed E-state index contributed by atoms with van der Waals surface area (Å²) in [5.74, 6) is -0.664. The summed E-state index contributed by atoms with van der Waals surface area (Å²) >= 11 is 16.9. The summed E-state index contributed by atoms with van der Waals surface area (Å²) in [4.78, 5) is 31.6. The average molecular weight is 654 g/mol. The van der Waals surface area contributed by atoms with Gasteiger partial charge in [-0.15, -0.1) is 0 Å². The van der Waals surface area contributed by atoms with E-state index in [-0.39, 0.29) is 18.1 Å². The van der Waals surface area contributed by atoms with Crippen molar-refractivity contribution in [1.29, 1.82) is 0 Å². The molecule has 1 N–H and O–H groups in total. The molecular formula is C30H19BrCl2N2O4S. The SMILES string of the molecule is O=C(O)c1ccc(COc2ccc(Br)cc2/C=C2\SC(=Nc3ccc(Cl)cc3)N(c3ccc(Cl)cc3)C2=O)cc1. The lowest BCUT2D eigenvalue weighted by atomic mass is 10.1. The number of benzene rings is 4. The number of rotatable bonds is 7. The maximum absolute atomic E-state index is 13.7. The highest BCUT2D eigenvalue weighted by molar-refractivity contribution is 9.10. The Morgan fingerprint density at radius 1 is 0.950 bits per heavy atom. The summed E-state index contributed by atoms with van der Waals surface area (Å²) in [7, 11) is 0. The summed E-state index contributed by atoms with van der Waals surface area (Å²) in [5.41, 5.74) is 2.99. The molecule has 1 heterocycles. The average Bonchev–Trinajstić information content (AvgIpc) is 3.24. The Morgan fingerprint density at radius 3 is 2.25 bits per heavy atom. The van der Waals surface area contributed by atoms with Crippen molar-refractivity contribution < 1.29 is 19.4 Å². The zero-order valence-corrected chi connectivity index (χ0v) is 24.5. The van der Waals surface area contributed by atoms with E-state index in [1.165, 1.54) is 23.9 Å². The summed E-state index contributed by atoms with van der Waals surface area (Å²) in [5, 5.41) is 10.8. The first-order valence-electron chi connectivity index (χ1n) is 11.9. The number of nitrogens with zero attached hydrogens (tertiary/aromatic N) is 2. The van der Waals surface area contributed by atoms with Gasteiger partial charge in [0.2, 0.25) is 0 Å². The number of aromatic carboxylic acids is 1. The van der Waals surface area contributed by atoms with E-state index in [0.717, 1.165) is 10.0 Å². The van der Waals surface area contributed by atoms with Gasteiger partial charge in [0.1, 0.15) is 12.4 Å². The van der Waals surface area contributed by atoms with E-state index in [4.69, 9.17) is 38.0 Å². The van der Waals surface area contributed by atoms with Gasteiger partial charge in [-0.25, -0.2) is 9.79 Å². The number of carboxylic acid groups (broad SMARTS) is 1. The molecule has 0 atom stereocenters. The molecule has 200 valence electrons. The molecule has 1 aliphatic heterocycles. The van der Waals surface area contributed by atoms with Crippen LogP contribution in [0.5, 0.6) is 5.75 Å². The van der Waals surface area contributed by atoms with Crippen LogP contribution in [0.25, 0.3) is 6.08 Å². The lowest BCUT2D eigenvalue weighted by molar-refractivity contribution is -0.113. The summed E-state index contributed by atoms with van der Waals surface area (Å²) in [6.07, 6.45) is 1.77. The molecule has 1 saturated heterocycles. The van der Waals surface area contributed by atoms with Crippen LogP contribution in [-0.2, 0) is 11.4 Å².